The molecule has 16 valence electrons. The van der Waals surface area contributed by atoms with Crippen LogP contribution < -0.4 is 12.4 Å². The summed E-state index contributed by atoms with van der Waals surface area (Å²) in [5.74, 6) is 0. The summed E-state index contributed by atoms with van der Waals surface area (Å²) in [6, 6.07) is 0. The van der Waals surface area contributed by atoms with Crippen LogP contribution in [0.1, 0.15) is 0 Å². The van der Waals surface area contributed by atoms with E-state index in [4.69, 9.17) is 0 Å². The van der Waals surface area contributed by atoms with Crippen LogP contribution in [0.2, 0.25) is 0 Å². The van der Waals surface area contributed by atoms with Gasteiger partial charge in [0.2, 0.25) is 0 Å². The molecule has 0 aromatic heterocycles. The van der Waals surface area contributed by atoms with Crippen molar-refractivity contribution in [3.05, 3.63) is 0 Å². The van der Waals surface area contributed by atoms with Gasteiger partial charge in [0.05, 0.1) is 0 Å². The van der Waals surface area contributed by atoms with Crippen LogP contribution in [0.15, 0.2) is 0 Å². The van der Waals surface area contributed by atoms with Crippen LogP contribution in [0.3, 0.4) is 0 Å². The molecule has 0 aromatic rings. The average Bonchev–Trinajstić information content (AvgIpc) is 0. The SMILES string of the molecule is [Al+3].[Cl-].[O-2].[Zn+2]. The van der Waals surface area contributed by atoms with E-state index in [1.165, 1.54) is 0 Å². The third-order valence-corrected chi connectivity index (χ3v) is 0. The molecule has 0 atom stereocenters. The second-order valence-corrected chi connectivity index (χ2v) is 0. The summed E-state index contributed by atoms with van der Waals surface area (Å²) >= 11 is 0. The Kier molecular flexibility index (Phi) is 343. The first-order valence-corrected chi connectivity index (χ1v) is 0. The number of hydrogen-bond acceptors (Lipinski definition) is 0. The minimum absolute atomic E-state index is 0. The second kappa shape index (κ2) is 25.9. The van der Waals surface area contributed by atoms with Crippen LogP contribution in [0, 0.1) is 0 Å². The van der Waals surface area contributed by atoms with Crippen molar-refractivity contribution in [2.75, 3.05) is 0 Å². The van der Waals surface area contributed by atoms with Crippen molar-refractivity contribution in [1.29, 1.82) is 0 Å². The molecule has 0 fully saturated rings. The molecule has 0 aliphatic rings. The maximum atomic E-state index is 0. The van der Waals surface area contributed by atoms with Gasteiger partial charge in [-0.3, -0.25) is 0 Å². The van der Waals surface area contributed by atoms with Crippen molar-refractivity contribution in [2.45, 2.75) is 0 Å². The number of hydrogen-bond donors (Lipinski definition) is 0. The molecule has 0 N–H and O–H groups in total. The van der Waals surface area contributed by atoms with Crippen LogP contribution in [-0.2, 0) is 25.0 Å². The molecule has 0 amide bonds. The molecule has 0 bridgehead atoms. The molecule has 0 spiro atoms. The molecular formula is AlClOZn+2. The summed E-state index contributed by atoms with van der Waals surface area (Å²) in [7, 11) is 0. The van der Waals surface area contributed by atoms with Gasteiger partial charge in [-0.05, 0) is 0 Å². The fourth-order valence-electron chi connectivity index (χ4n) is 0. The van der Waals surface area contributed by atoms with Gasteiger partial charge in [0.1, 0.15) is 0 Å². The van der Waals surface area contributed by atoms with Gasteiger partial charge >= 0.3 is 36.8 Å². The van der Waals surface area contributed by atoms with E-state index in [2.05, 4.69) is 0 Å². The Labute approximate surface area is 54.8 Å². The smallest absolute Gasteiger partial charge is 2.00 e. The van der Waals surface area contributed by atoms with Gasteiger partial charge in [0, 0.05) is 0 Å². The van der Waals surface area contributed by atoms with E-state index in [-0.39, 0.29) is 54.7 Å². The Balaban J connectivity index is 0. The molecule has 0 saturated heterocycles. The van der Waals surface area contributed by atoms with E-state index < -0.39 is 0 Å². The normalized spacial score (nSPS) is 0. The van der Waals surface area contributed by atoms with Crippen LogP contribution in [0.25, 0.3) is 0 Å². The van der Waals surface area contributed by atoms with Crippen LogP contribution in [0.5, 0.6) is 0 Å². The first kappa shape index (κ1) is 53.1. The maximum absolute atomic E-state index is 0. The van der Waals surface area contributed by atoms with Gasteiger partial charge in [-0.15, -0.1) is 0 Å². The summed E-state index contributed by atoms with van der Waals surface area (Å²) in [5.41, 5.74) is 0. The number of rotatable bonds is 0. The molecule has 4 heteroatoms. The largest absolute Gasteiger partial charge is 3.00 e. The van der Waals surface area contributed by atoms with Crippen molar-refractivity contribution < 1.29 is 37.4 Å². The fourth-order valence-corrected chi connectivity index (χ4v) is 0. The average molecular weight is 144 g/mol. The predicted octanol–water partition coefficient (Wildman–Crippen LogP) is -3.50. The van der Waals surface area contributed by atoms with E-state index in [1.807, 2.05) is 0 Å². The Hall–Kier alpha value is 1.41. The molecule has 1 nitrogen and oxygen atoms in total. The Morgan fingerprint density at radius 1 is 1.00 bits per heavy atom. The second-order valence-electron chi connectivity index (χ2n) is 0. The van der Waals surface area contributed by atoms with E-state index in [1.54, 1.807) is 0 Å². The zero-order valence-corrected chi connectivity index (χ0v) is 6.95. The predicted molar refractivity (Wildman–Crippen MR) is 6.44 cm³/mol. The van der Waals surface area contributed by atoms with Crippen molar-refractivity contribution in [1.82, 2.24) is 0 Å². The third kappa shape index (κ3) is 9.97. The first-order valence-electron chi connectivity index (χ1n) is 0. The maximum Gasteiger partial charge on any atom is 3.00 e. The van der Waals surface area contributed by atoms with Crippen LogP contribution >= 0.6 is 0 Å². The van der Waals surface area contributed by atoms with Crippen LogP contribution in [0.4, 0.5) is 0 Å². The van der Waals surface area contributed by atoms with Gasteiger partial charge in [0.15, 0.2) is 0 Å². The molecule has 0 aliphatic carbocycles. The monoisotopic (exact) mass is 142 g/mol. The molecular weight excluding hydrogens is 144 g/mol. The molecule has 0 aromatic carbocycles. The molecule has 0 radical (unpaired) electrons. The first-order chi connectivity index (χ1) is 0. The Morgan fingerprint density at radius 2 is 1.00 bits per heavy atom. The van der Waals surface area contributed by atoms with Gasteiger partial charge < -0.3 is 17.9 Å². The van der Waals surface area contributed by atoms with Crippen molar-refractivity contribution in [2.24, 2.45) is 0 Å². The van der Waals surface area contributed by atoms with Crippen molar-refractivity contribution in [3.8, 4) is 0 Å². The number of halogens is 1. The molecule has 0 aliphatic heterocycles. The summed E-state index contributed by atoms with van der Waals surface area (Å²) < 4.78 is 0. The molecule has 0 unspecified atom stereocenters. The fraction of sp³-hybridized carbons (Fsp3) is 0. The summed E-state index contributed by atoms with van der Waals surface area (Å²) in [6.07, 6.45) is 0. The van der Waals surface area contributed by atoms with Gasteiger partial charge in [0.25, 0.3) is 0 Å². The van der Waals surface area contributed by atoms with E-state index in [0.29, 0.717) is 0 Å². The standard InChI is InChI=1S/Al.ClH.O.Zn/h;1H;;/q+3;;-2;+2/p-1. The van der Waals surface area contributed by atoms with Crippen LogP contribution in [-0.4, -0.2) is 17.4 Å². The van der Waals surface area contributed by atoms with E-state index in [9.17, 15) is 0 Å². The quantitative estimate of drug-likeness (QED) is 0.315. The summed E-state index contributed by atoms with van der Waals surface area (Å²) in [6.45, 7) is 0. The van der Waals surface area contributed by atoms with E-state index in [0.717, 1.165) is 0 Å². The minimum Gasteiger partial charge on any atom is -2.00 e. The summed E-state index contributed by atoms with van der Waals surface area (Å²) in [5, 5.41) is 0. The van der Waals surface area contributed by atoms with Crippen molar-refractivity contribution in [3.63, 3.8) is 0 Å². The molecule has 4 heavy (non-hydrogen) atoms. The molecule has 0 saturated carbocycles. The van der Waals surface area contributed by atoms with E-state index >= 15 is 0 Å². The Morgan fingerprint density at radius 3 is 1.00 bits per heavy atom. The third-order valence-electron chi connectivity index (χ3n) is 0. The summed E-state index contributed by atoms with van der Waals surface area (Å²) in [4.78, 5) is 0. The zero-order valence-electron chi connectivity index (χ0n) is 2.07. The van der Waals surface area contributed by atoms with Gasteiger partial charge in [-0.25, -0.2) is 0 Å². The molecule has 0 heterocycles. The Bertz CT molecular complexity index is 8.00. The zero-order chi connectivity index (χ0) is 0. The molecule has 0 rings (SSSR count). The minimum atomic E-state index is 0. The van der Waals surface area contributed by atoms with Gasteiger partial charge in [-0.2, -0.15) is 0 Å². The topological polar surface area (TPSA) is 28.5 Å². The van der Waals surface area contributed by atoms with Gasteiger partial charge in [-0.1, -0.05) is 0 Å². The van der Waals surface area contributed by atoms with Crippen molar-refractivity contribution >= 4 is 17.4 Å².